The highest BCUT2D eigenvalue weighted by Gasteiger charge is 2.30. The van der Waals surface area contributed by atoms with Gasteiger partial charge in [-0.25, -0.2) is 13.1 Å². The van der Waals surface area contributed by atoms with Gasteiger partial charge >= 0.3 is 5.97 Å². The largest absolute Gasteiger partial charge is 0.489 e. The third-order valence-corrected chi connectivity index (χ3v) is 7.07. The molecule has 3 N–H and O–H groups in total. The van der Waals surface area contributed by atoms with E-state index in [0.717, 1.165) is 16.7 Å². The third kappa shape index (κ3) is 5.63. The summed E-state index contributed by atoms with van der Waals surface area (Å²) in [6, 6.07) is 10.5. The van der Waals surface area contributed by atoms with Gasteiger partial charge in [-0.05, 0) is 56.0 Å². The molecule has 0 radical (unpaired) electrons. The van der Waals surface area contributed by atoms with E-state index in [1.54, 1.807) is 18.2 Å². The number of aromatic nitrogens is 2. The molecular weight excluding hydrogens is 472 g/mol. The van der Waals surface area contributed by atoms with E-state index >= 15 is 0 Å². The first kappa shape index (κ1) is 24.7. The van der Waals surface area contributed by atoms with Crippen molar-refractivity contribution < 1.29 is 27.2 Å². The van der Waals surface area contributed by atoms with Crippen molar-refractivity contribution in [2.45, 2.75) is 45.3 Å². The Kier molecular flexibility index (Phi) is 7.08. The summed E-state index contributed by atoms with van der Waals surface area (Å²) in [5.41, 5.74) is 9.85. The number of carbonyl (C=O) groups is 1. The van der Waals surface area contributed by atoms with Crippen molar-refractivity contribution in [1.29, 1.82) is 0 Å². The summed E-state index contributed by atoms with van der Waals surface area (Å²) in [7, 11) is -2.43. The summed E-state index contributed by atoms with van der Waals surface area (Å²) >= 11 is 0. The van der Waals surface area contributed by atoms with Crippen molar-refractivity contribution in [2.75, 3.05) is 18.6 Å². The van der Waals surface area contributed by atoms with Crippen molar-refractivity contribution in [3.8, 4) is 28.6 Å². The van der Waals surface area contributed by atoms with Crippen molar-refractivity contribution in [3.63, 3.8) is 0 Å². The number of carbonyl (C=O) groups excluding carboxylic acids is 1. The number of nitrogens with one attached hydrogen (secondary N) is 1. The Balaban J connectivity index is 1.54. The monoisotopic (exact) mass is 500 g/mol. The number of methoxy groups -OCH3 is 1. The Labute approximate surface area is 203 Å². The molecule has 0 spiro atoms. The van der Waals surface area contributed by atoms with E-state index in [-0.39, 0.29) is 18.3 Å². The molecular formula is C24H28N4O6S. The molecule has 0 fully saturated rings. The molecule has 0 aliphatic heterocycles. The van der Waals surface area contributed by atoms with Crippen LogP contribution in [0.2, 0.25) is 0 Å². The molecule has 35 heavy (non-hydrogen) atoms. The number of rotatable bonds is 9. The number of ether oxygens (including phenoxy) is 2. The van der Waals surface area contributed by atoms with Crippen molar-refractivity contribution >= 4 is 21.7 Å². The molecule has 3 aromatic rings. The van der Waals surface area contributed by atoms with Crippen molar-refractivity contribution in [1.82, 2.24) is 14.9 Å². The predicted octanol–water partition coefficient (Wildman–Crippen LogP) is 3.24. The first-order chi connectivity index (χ1) is 16.7. The highest BCUT2D eigenvalue weighted by atomic mass is 32.2. The van der Waals surface area contributed by atoms with Gasteiger partial charge in [0.05, 0.1) is 31.1 Å². The Bertz CT molecular complexity index is 1340. The number of nitrogens with zero attached hydrogens (tertiary/aromatic N) is 2. The second-order valence-corrected chi connectivity index (χ2v) is 10.4. The number of hydrogen-bond donors (Lipinski definition) is 2. The fraction of sp³-hybridized carbons (Fsp3) is 0.375. The van der Waals surface area contributed by atoms with E-state index in [1.165, 1.54) is 7.11 Å². The lowest BCUT2D eigenvalue weighted by atomic mass is 10.0. The van der Waals surface area contributed by atoms with Crippen LogP contribution in [0.5, 0.6) is 5.75 Å². The molecule has 0 bridgehead atoms. The molecule has 1 aromatic heterocycles. The maximum Gasteiger partial charge on any atom is 0.306 e. The maximum absolute atomic E-state index is 12.5. The molecule has 0 unspecified atom stereocenters. The first-order valence-electron chi connectivity index (χ1n) is 11.3. The van der Waals surface area contributed by atoms with Gasteiger partial charge in [0.15, 0.2) is 0 Å². The van der Waals surface area contributed by atoms with Crippen LogP contribution < -0.4 is 15.2 Å². The molecule has 0 amide bonds. The van der Waals surface area contributed by atoms with Gasteiger partial charge in [-0.3, -0.25) is 4.79 Å². The topological polar surface area (TPSA) is 147 Å². The van der Waals surface area contributed by atoms with Crippen LogP contribution in [0, 0.1) is 0 Å². The van der Waals surface area contributed by atoms with Crippen LogP contribution in [-0.2, 0) is 26.0 Å². The molecule has 186 valence electrons. The number of nitrogens with two attached hydrogens (primary N) is 1. The predicted molar refractivity (Wildman–Crippen MR) is 130 cm³/mol. The highest BCUT2D eigenvalue weighted by molar-refractivity contribution is 7.89. The second-order valence-electron chi connectivity index (χ2n) is 8.57. The third-order valence-electron chi connectivity index (χ3n) is 5.68. The van der Waals surface area contributed by atoms with Crippen molar-refractivity contribution in [2.24, 2.45) is 0 Å². The van der Waals surface area contributed by atoms with Crippen LogP contribution in [-0.4, -0.2) is 43.5 Å². The zero-order valence-electron chi connectivity index (χ0n) is 19.8. The van der Waals surface area contributed by atoms with E-state index in [4.69, 9.17) is 15.0 Å². The molecule has 0 saturated carbocycles. The minimum atomic E-state index is -3.66. The van der Waals surface area contributed by atoms with Gasteiger partial charge < -0.3 is 19.7 Å². The Morgan fingerprint density at radius 2 is 2.09 bits per heavy atom. The number of nitrogen functional groups attached to an aromatic ring is 1. The van der Waals surface area contributed by atoms with Gasteiger partial charge in [0.1, 0.15) is 5.75 Å². The minimum absolute atomic E-state index is 0.000477. The molecule has 1 aliphatic rings. The first-order valence-corrected chi connectivity index (χ1v) is 12.9. The summed E-state index contributed by atoms with van der Waals surface area (Å²) < 4.78 is 43.3. The Morgan fingerprint density at radius 1 is 1.29 bits per heavy atom. The number of benzene rings is 2. The smallest absolute Gasteiger partial charge is 0.306 e. The van der Waals surface area contributed by atoms with Gasteiger partial charge in [-0.15, -0.1) is 0 Å². The van der Waals surface area contributed by atoms with Crippen molar-refractivity contribution in [3.05, 3.63) is 47.5 Å². The zero-order chi connectivity index (χ0) is 25.2. The van der Waals surface area contributed by atoms with E-state index in [1.807, 2.05) is 32.0 Å². The highest BCUT2D eigenvalue weighted by Crippen LogP contribution is 2.38. The molecule has 10 nitrogen and oxygen atoms in total. The van der Waals surface area contributed by atoms with Crippen LogP contribution in [0.15, 0.2) is 40.9 Å². The van der Waals surface area contributed by atoms with E-state index in [2.05, 4.69) is 19.6 Å². The van der Waals surface area contributed by atoms with E-state index in [0.29, 0.717) is 41.6 Å². The van der Waals surface area contributed by atoms with E-state index < -0.39 is 22.0 Å². The quantitative estimate of drug-likeness (QED) is 0.334. The fourth-order valence-electron chi connectivity index (χ4n) is 4.07. The minimum Gasteiger partial charge on any atom is -0.489 e. The number of hydrogen-bond acceptors (Lipinski definition) is 9. The molecule has 1 heterocycles. The van der Waals surface area contributed by atoms with Gasteiger partial charge in [0, 0.05) is 17.2 Å². The summed E-state index contributed by atoms with van der Waals surface area (Å²) in [5, 5.41) is 4.15. The second kappa shape index (κ2) is 10.0. The van der Waals surface area contributed by atoms with Crippen LogP contribution in [0.4, 0.5) is 5.69 Å². The molecule has 0 saturated heterocycles. The summed E-state index contributed by atoms with van der Waals surface area (Å²) in [6.07, 6.45) is 1.03. The van der Waals surface area contributed by atoms with Gasteiger partial charge in [-0.2, -0.15) is 4.98 Å². The SMILES string of the molecule is COC(=O)CCS(=O)(=O)N[C@H]1CCc2c(-c3noc(-c4ccc(OC(C)C)c(N)c4)n3)cccc21. The number of esters is 1. The van der Waals surface area contributed by atoms with Crippen LogP contribution in [0.25, 0.3) is 22.8 Å². The Morgan fingerprint density at radius 3 is 2.80 bits per heavy atom. The number of sulfonamides is 1. The number of anilines is 1. The lowest BCUT2D eigenvalue weighted by Gasteiger charge is -2.14. The van der Waals surface area contributed by atoms with E-state index in [9.17, 15) is 13.2 Å². The average Bonchev–Trinajstić information content (AvgIpc) is 3.46. The summed E-state index contributed by atoms with van der Waals surface area (Å²) in [6.45, 7) is 3.85. The lowest BCUT2D eigenvalue weighted by molar-refractivity contribution is -0.140. The molecule has 2 aromatic carbocycles. The summed E-state index contributed by atoms with van der Waals surface area (Å²) in [4.78, 5) is 15.9. The normalized spacial score (nSPS) is 15.3. The van der Waals surface area contributed by atoms with Gasteiger partial charge in [-0.1, -0.05) is 23.4 Å². The van der Waals surface area contributed by atoms with Crippen LogP contribution in [0.1, 0.15) is 43.9 Å². The fourth-order valence-corrected chi connectivity index (χ4v) is 5.31. The molecule has 1 aliphatic carbocycles. The standard InChI is InChI=1S/C24H28N4O6S/c1-14(2)33-21-10-7-15(13-19(21)25)24-26-23(27-34-24)18-6-4-5-17-16(18)8-9-20(17)28-35(30,31)12-11-22(29)32-3/h4-7,10,13-14,20,28H,8-9,11-12,25H2,1-3H3/t20-/m0/s1. The van der Waals surface area contributed by atoms with Crippen LogP contribution in [0.3, 0.4) is 0 Å². The van der Waals surface area contributed by atoms with Crippen LogP contribution >= 0.6 is 0 Å². The Hall–Kier alpha value is -3.44. The summed E-state index contributed by atoms with van der Waals surface area (Å²) in [5.74, 6) is 0.417. The lowest BCUT2D eigenvalue weighted by Crippen LogP contribution is -2.30. The average molecular weight is 501 g/mol. The molecule has 1 atom stereocenters. The molecule has 11 heteroatoms. The van der Waals surface area contributed by atoms with Gasteiger partial charge in [0.2, 0.25) is 15.8 Å². The molecule has 4 rings (SSSR count). The van der Waals surface area contributed by atoms with Gasteiger partial charge in [0.25, 0.3) is 5.89 Å². The number of fused-ring (bicyclic) bond motifs is 1. The zero-order valence-corrected chi connectivity index (χ0v) is 20.6. The maximum atomic E-state index is 12.5.